The van der Waals surface area contributed by atoms with E-state index in [9.17, 15) is 9.59 Å². The largest absolute Gasteiger partial charge is 0.488 e. The van der Waals surface area contributed by atoms with Crippen LogP contribution in [-0.4, -0.2) is 29.3 Å². The molecule has 0 amide bonds. The van der Waals surface area contributed by atoms with Gasteiger partial charge in [-0.2, -0.15) is 4.99 Å². The number of isocyanates is 1. The lowest BCUT2D eigenvalue weighted by atomic mass is 10.1. The van der Waals surface area contributed by atoms with Crippen molar-refractivity contribution in [2.75, 3.05) is 0 Å². The van der Waals surface area contributed by atoms with Crippen molar-refractivity contribution >= 4 is 12.0 Å². The Hall–Kier alpha value is -2.13. The second kappa shape index (κ2) is 7.42. The first-order chi connectivity index (χ1) is 10.5. The number of rotatable bonds is 5. The minimum atomic E-state index is -0.888. The molecule has 0 aliphatic heterocycles. The number of nitrogens with zero attached hydrogens (tertiary/aromatic N) is 1. The quantitative estimate of drug-likeness (QED) is 0.474. The number of esters is 1. The van der Waals surface area contributed by atoms with Crippen LogP contribution in [0.1, 0.15) is 47.1 Å². The first-order valence-electron chi connectivity index (χ1n) is 7.58. The zero-order chi connectivity index (χ0) is 17.7. The van der Waals surface area contributed by atoms with E-state index in [0.29, 0.717) is 0 Å². The van der Waals surface area contributed by atoms with Crippen LogP contribution in [0, 0.1) is 0 Å². The minimum Gasteiger partial charge on any atom is -0.488 e. The number of hydrogen-bond donors (Lipinski definition) is 0. The lowest BCUT2D eigenvalue weighted by Gasteiger charge is -2.22. The van der Waals surface area contributed by atoms with Gasteiger partial charge in [-0.25, -0.2) is 9.59 Å². The van der Waals surface area contributed by atoms with Crippen molar-refractivity contribution in [3.8, 4) is 5.75 Å². The molecule has 5 nitrogen and oxygen atoms in total. The number of carbonyl (C=O) groups is 1. The molecule has 0 aliphatic carbocycles. The number of aliphatic imine (C=N–C) groups is 1. The van der Waals surface area contributed by atoms with Gasteiger partial charge in [-0.15, -0.1) is 0 Å². The van der Waals surface area contributed by atoms with Gasteiger partial charge in [-0.3, -0.25) is 0 Å². The van der Waals surface area contributed by atoms with Crippen LogP contribution >= 0.6 is 0 Å². The molecule has 1 atom stereocenters. The summed E-state index contributed by atoms with van der Waals surface area (Å²) in [6.45, 7) is 11.2. The highest BCUT2D eigenvalue weighted by Crippen LogP contribution is 2.20. The molecule has 0 fully saturated rings. The van der Waals surface area contributed by atoms with Crippen LogP contribution in [-0.2, 0) is 20.7 Å². The van der Waals surface area contributed by atoms with Gasteiger partial charge in [0.2, 0.25) is 6.08 Å². The molecule has 0 heterocycles. The van der Waals surface area contributed by atoms with E-state index in [0.717, 1.165) is 11.3 Å². The monoisotopic (exact) mass is 319 g/mol. The summed E-state index contributed by atoms with van der Waals surface area (Å²) in [7, 11) is 0. The lowest BCUT2D eigenvalue weighted by Crippen LogP contribution is -2.32. The van der Waals surface area contributed by atoms with E-state index >= 15 is 0 Å². The third kappa shape index (κ3) is 7.61. The van der Waals surface area contributed by atoms with Crippen molar-refractivity contribution in [1.29, 1.82) is 0 Å². The molecule has 126 valence electrons. The van der Waals surface area contributed by atoms with Crippen molar-refractivity contribution in [2.24, 2.45) is 4.99 Å². The zero-order valence-electron chi connectivity index (χ0n) is 14.7. The Kier molecular flexibility index (Phi) is 6.11. The van der Waals surface area contributed by atoms with Crippen molar-refractivity contribution in [3.63, 3.8) is 0 Å². The molecule has 1 aromatic rings. The predicted molar refractivity (Wildman–Crippen MR) is 88.3 cm³/mol. The molecular formula is C18H25NO4. The van der Waals surface area contributed by atoms with E-state index in [-0.39, 0.29) is 12.0 Å². The van der Waals surface area contributed by atoms with E-state index in [1.54, 1.807) is 20.8 Å². The zero-order valence-corrected chi connectivity index (χ0v) is 14.7. The van der Waals surface area contributed by atoms with E-state index in [4.69, 9.17) is 9.47 Å². The Balaban J connectivity index is 2.81. The average Bonchev–Trinajstić information content (AvgIpc) is 2.36. The third-order valence-electron chi connectivity index (χ3n) is 2.66. The summed E-state index contributed by atoms with van der Waals surface area (Å²) >= 11 is 0. The van der Waals surface area contributed by atoms with Crippen molar-refractivity contribution in [1.82, 2.24) is 0 Å². The first kappa shape index (κ1) is 18.9. The molecule has 0 N–H and O–H groups in total. The van der Waals surface area contributed by atoms with Crippen molar-refractivity contribution < 1.29 is 19.1 Å². The Labute approximate surface area is 137 Å². The summed E-state index contributed by atoms with van der Waals surface area (Å²) in [5.74, 6) is 0.213. The Morgan fingerprint density at radius 1 is 1.09 bits per heavy atom. The average molecular weight is 319 g/mol. The van der Waals surface area contributed by atoms with Crippen LogP contribution in [0.25, 0.3) is 0 Å². The second-order valence-corrected chi connectivity index (χ2v) is 7.33. The molecule has 0 bridgehead atoms. The fourth-order valence-electron chi connectivity index (χ4n) is 1.89. The lowest BCUT2D eigenvalue weighted by molar-refractivity contribution is -0.156. The second-order valence-electron chi connectivity index (χ2n) is 7.33. The van der Waals surface area contributed by atoms with Gasteiger partial charge in [-0.1, -0.05) is 12.1 Å². The van der Waals surface area contributed by atoms with Gasteiger partial charge in [0.25, 0.3) is 0 Å². The van der Waals surface area contributed by atoms with Gasteiger partial charge in [0.1, 0.15) is 17.0 Å². The third-order valence-corrected chi connectivity index (χ3v) is 2.66. The van der Waals surface area contributed by atoms with Crippen molar-refractivity contribution in [2.45, 2.75) is 65.2 Å². The van der Waals surface area contributed by atoms with Gasteiger partial charge in [-0.05, 0) is 59.2 Å². The highest BCUT2D eigenvalue weighted by molar-refractivity contribution is 5.77. The van der Waals surface area contributed by atoms with Gasteiger partial charge >= 0.3 is 5.97 Å². The normalized spacial score (nSPS) is 13.0. The fourth-order valence-corrected chi connectivity index (χ4v) is 1.89. The molecule has 1 unspecified atom stereocenters. The molecule has 1 rings (SSSR count). The summed E-state index contributed by atoms with van der Waals surface area (Å²) in [6, 6.07) is 6.47. The summed E-state index contributed by atoms with van der Waals surface area (Å²) in [5, 5.41) is 0. The van der Waals surface area contributed by atoms with E-state index < -0.39 is 17.6 Å². The fraction of sp³-hybridized carbons (Fsp3) is 0.556. The smallest absolute Gasteiger partial charge is 0.332 e. The van der Waals surface area contributed by atoms with Gasteiger partial charge in [0.05, 0.1) is 0 Å². The Morgan fingerprint density at radius 2 is 1.65 bits per heavy atom. The maximum Gasteiger partial charge on any atom is 0.332 e. The molecule has 1 aromatic carbocycles. The highest BCUT2D eigenvalue weighted by atomic mass is 16.6. The molecule has 0 spiro atoms. The first-order valence-corrected chi connectivity index (χ1v) is 7.58. The van der Waals surface area contributed by atoms with Crippen LogP contribution in [0.2, 0.25) is 0 Å². The maximum absolute atomic E-state index is 12.1. The Bertz CT molecular complexity index is 573. The number of ether oxygens (including phenoxy) is 2. The molecule has 0 radical (unpaired) electrons. The van der Waals surface area contributed by atoms with Gasteiger partial charge < -0.3 is 9.47 Å². The maximum atomic E-state index is 12.1. The molecule has 0 aliphatic rings. The SMILES string of the molecule is CC(C)(C)OC(=O)C(Cc1ccc(OC(C)(C)C)cc1)N=C=O. The molecule has 23 heavy (non-hydrogen) atoms. The molecule has 5 heteroatoms. The van der Waals surface area contributed by atoms with Gasteiger partial charge in [0.15, 0.2) is 6.04 Å². The van der Waals surface area contributed by atoms with Crippen LogP contribution in [0.3, 0.4) is 0 Å². The Morgan fingerprint density at radius 3 is 2.09 bits per heavy atom. The van der Waals surface area contributed by atoms with E-state index in [2.05, 4.69) is 4.99 Å². The summed E-state index contributed by atoms with van der Waals surface area (Å²) in [5.41, 5.74) is -0.0401. The summed E-state index contributed by atoms with van der Waals surface area (Å²) < 4.78 is 11.0. The topological polar surface area (TPSA) is 65.0 Å². The predicted octanol–water partition coefficient (Wildman–Crippen LogP) is 3.45. The van der Waals surface area contributed by atoms with Crippen LogP contribution in [0.15, 0.2) is 29.3 Å². The van der Waals surface area contributed by atoms with Crippen LogP contribution in [0.5, 0.6) is 5.75 Å². The van der Waals surface area contributed by atoms with Gasteiger partial charge in [0, 0.05) is 6.42 Å². The number of benzene rings is 1. The molecule has 0 aromatic heterocycles. The minimum absolute atomic E-state index is 0.275. The summed E-state index contributed by atoms with van der Waals surface area (Å²) in [4.78, 5) is 26.2. The van der Waals surface area contributed by atoms with Crippen LogP contribution in [0.4, 0.5) is 0 Å². The van der Waals surface area contributed by atoms with Crippen molar-refractivity contribution in [3.05, 3.63) is 29.8 Å². The standard InChI is InChI=1S/C18H25NO4/c1-17(2,3)22-14-9-7-13(8-10-14)11-15(19-12-20)16(21)23-18(4,5)6/h7-10,15H,11H2,1-6H3. The number of hydrogen-bond acceptors (Lipinski definition) is 5. The highest BCUT2D eigenvalue weighted by Gasteiger charge is 2.25. The van der Waals surface area contributed by atoms with E-state index in [1.807, 2.05) is 45.0 Å². The number of carbonyl (C=O) groups excluding carboxylic acids is 2. The molecular weight excluding hydrogens is 294 g/mol. The van der Waals surface area contributed by atoms with Crippen LogP contribution < -0.4 is 4.74 Å². The van der Waals surface area contributed by atoms with E-state index in [1.165, 1.54) is 6.08 Å². The molecule has 0 saturated heterocycles. The summed E-state index contributed by atoms with van der Waals surface area (Å²) in [6.07, 6.45) is 1.72. The molecule has 0 saturated carbocycles.